The van der Waals surface area contributed by atoms with Gasteiger partial charge in [-0.05, 0) is 12.3 Å². The lowest BCUT2D eigenvalue weighted by molar-refractivity contribution is -0.140. The van der Waals surface area contributed by atoms with Crippen molar-refractivity contribution in [3.05, 3.63) is 0 Å². The Morgan fingerprint density at radius 2 is 1.87 bits per heavy atom. The summed E-state index contributed by atoms with van der Waals surface area (Å²) in [7, 11) is 1.40. The molecule has 15 heavy (non-hydrogen) atoms. The number of ketones is 1. The normalized spacial score (nSPS) is 14.3. The Morgan fingerprint density at radius 1 is 1.33 bits per heavy atom. The first-order valence-corrected chi connectivity index (χ1v) is 4.90. The van der Waals surface area contributed by atoms with Crippen molar-refractivity contribution in [1.82, 2.24) is 0 Å². The van der Waals surface area contributed by atoms with Gasteiger partial charge in [0.15, 0.2) is 5.78 Å². The highest BCUT2D eigenvalue weighted by Gasteiger charge is 2.28. The summed E-state index contributed by atoms with van der Waals surface area (Å²) < 4.78 is 40.3. The fraction of sp³-hybridized carbons (Fsp3) is 0.900. The number of hydrogen-bond donors (Lipinski definition) is 0. The molecule has 0 spiro atoms. The van der Waals surface area contributed by atoms with Crippen LogP contribution in [0.3, 0.4) is 0 Å². The Hall–Kier alpha value is -0.580. The van der Waals surface area contributed by atoms with Crippen LogP contribution in [0.25, 0.3) is 0 Å². The third-order valence-electron chi connectivity index (χ3n) is 2.06. The Labute approximate surface area is 87.8 Å². The molecule has 0 radical (unpaired) electrons. The molecule has 0 amide bonds. The highest BCUT2D eigenvalue weighted by atomic mass is 19.4. The minimum atomic E-state index is -4.18. The Bertz CT molecular complexity index is 199. The summed E-state index contributed by atoms with van der Waals surface area (Å²) >= 11 is 0. The molecule has 0 fully saturated rings. The van der Waals surface area contributed by atoms with Crippen molar-refractivity contribution in [3.8, 4) is 0 Å². The molecule has 0 heterocycles. The predicted octanol–water partition coefficient (Wildman–Crippen LogP) is 2.96. The molecule has 0 aliphatic heterocycles. The summed E-state index contributed by atoms with van der Waals surface area (Å²) in [6, 6.07) is 0. The zero-order valence-electron chi connectivity index (χ0n) is 9.23. The number of halogens is 3. The zero-order valence-corrected chi connectivity index (χ0v) is 9.23. The fourth-order valence-corrected chi connectivity index (χ4v) is 1.38. The number of carbonyl (C=O) groups excluding carboxylic acids is 1. The molecule has 0 rings (SSSR count). The summed E-state index contributed by atoms with van der Waals surface area (Å²) in [4.78, 5) is 11.4. The van der Waals surface area contributed by atoms with E-state index in [4.69, 9.17) is 4.74 Å². The van der Waals surface area contributed by atoms with E-state index >= 15 is 0 Å². The van der Waals surface area contributed by atoms with Crippen molar-refractivity contribution in [2.75, 3.05) is 7.11 Å². The van der Waals surface area contributed by atoms with Gasteiger partial charge in [-0.25, -0.2) is 0 Å². The van der Waals surface area contributed by atoms with Gasteiger partial charge >= 0.3 is 6.18 Å². The van der Waals surface area contributed by atoms with Gasteiger partial charge in [0.05, 0.1) is 0 Å². The average molecular weight is 226 g/mol. The van der Waals surface area contributed by atoms with E-state index in [2.05, 4.69) is 0 Å². The summed E-state index contributed by atoms with van der Waals surface area (Å²) in [5.41, 5.74) is 0. The van der Waals surface area contributed by atoms with Crippen LogP contribution in [0.1, 0.15) is 33.1 Å². The van der Waals surface area contributed by atoms with Crippen LogP contribution >= 0.6 is 0 Å². The van der Waals surface area contributed by atoms with Crippen LogP contribution in [0.2, 0.25) is 0 Å². The number of alkyl halides is 3. The Balaban J connectivity index is 3.92. The fourth-order valence-electron chi connectivity index (χ4n) is 1.38. The molecule has 0 saturated carbocycles. The summed E-state index contributed by atoms with van der Waals surface area (Å²) in [6.07, 6.45) is -5.91. The molecule has 0 aliphatic rings. The minimum absolute atomic E-state index is 0.00612. The van der Waals surface area contributed by atoms with Crippen molar-refractivity contribution in [3.63, 3.8) is 0 Å². The van der Waals surface area contributed by atoms with Crippen LogP contribution < -0.4 is 0 Å². The van der Waals surface area contributed by atoms with Crippen LogP contribution in [0.4, 0.5) is 13.2 Å². The first-order valence-electron chi connectivity index (χ1n) is 4.90. The Kier molecular flexibility index (Phi) is 5.87. The first kappa shape index (κ1) is 14.4. The lowest BCUT2D eigenvalue weighted by Crippen LogP contribution is -2.28. The highest BCUT2D eigenvalue weighted by Crippen LogP contribution is 2.23. The van der Waals surface area contributed by atoms with Crippen LogP contribution in [0.5, 0.6) is 0 Å². The van der Waals surface area contributed by atoms with Crippen molar-refractivity contribution in [1.29, 1.82) is 0 Å². The van der Waals surface area contributed by atoms with Crippen LogP contribution in [-0.2, 0) is 9.53 Å². The molecule has 90 valence electrons. The maximum Gasteiger partial charge on any atom is 0.389 e. The van der Waals surface area contributed by atoms with E-state index in [1.54, 1.807) is 13.8 Å². The summed E-state index contributed by atoms with van der Waals surface area (Å²) in [5.74, 6) is -0.259. The van der Waals surface area contributed by atoms with Gasteiger partial charge in [0, 0.05) is 20.0 Å². The average Bonchev–Trinajstić information content (AvgIpc) is 2.01. The molecule has 0 N–H and O–H groups in total. The molecule has 0 saturated heterocycles. The van der Waals surface area contributed by atoms with E-state index in [-0.39, 0.29) is 24.5 Å². The van der Waals surface area contributed by atoms with Crippen LogP contribution in [-0.4, -0.2) is 25.2 Å². The largest absolute Gasteiger partial charge is 0.389 e. The second-order valence-electron chi connectivity index (χ2n) is 3.84. The van der Waals surface area contributed by atoms with Crippen molar-refractivity contribution >= 4 is 5.78 Å². The van der Waals surface area contributed by atoms with Gasteiger partial charge in [0.25, 0.3) is 0 Å². The van der Waals surface area contributed by atoms with E-state index in [0.29, 0.717) is 0 Å². The number of methoxy groups -OCH3 is 1. The zero-order chi connectivity index (χ0) is 12.1. The molecule has 0 aromatic carbocycles. The molecular weight excluding hydrogens is 209 g/mol. The van der Waals surface area contributed by atoms with Gasteiger partial charge < -0.3 is 4.74 Å². The third kappa shape index (κ3) is 6.49. The molecule has 0 aromatic heterocycles. The maximum atomic E-state index is 11.8. The predicted molar refractivity (Wildman–Crippen MR) is 50.5 cm³/mol. The van der Waals surface area contributed by atoms with Gasteiger partial charge in [-0.3, -0.25) is 4.79 Å². The van der Waals surface area contributed by atoms with Gasteiger partial charge in [-0.1, -0.05) is 13.8 Å². The summed E-state index contributed by atoms with van der Waals surface area (Å²) in [6.45, 7) is 3.60. The maximum absolute atomic E-state index is 11.8. The SMILES string of the molecule is COC(C(=O)CCCC(F)(F)F)C(C)C. The van der Waals surface area contributed by atoms with Gasteiger partial charge in [0.1, 0.15) is 6.10 Å². The standard InChI is InChI=1S/C10H17F3O2/c1-7(2)9(15-3)8(14)5-4-6-10(11,12)13/h7,9H,4-6H2,1-3H3. The number of Topliss-reactive ketones (excluding diaryl/α,β-unsaturated/α-hetero) is 1. The molecular formula is C10H17F3O2. The van der Waals surface area contributed by atoms with Crippen molar-refractivity contribution in [2.45, 2.75) is 45.4 Å². The second-order valence-corrected chi connectivity index (χ2v) is 3.84. The van der Waals surface area contributed by atoms with Gasteiger partial charge in [0.2, 0.25) is 0 Å². The van der Waals surface area contributed by atoms with Crippen molar-refractivity contribution in [2.24, 2.45) is 5.92 Å². The second kappa shape index (κ2) is 6.10. The van der Waals surface area contributed by atoms with E-state index in [0.717, 1.165) is 0 Å². The molecule has 0 bridgehead atoms. The third-order valence-corrected chi connectivity index (χ3v) is 2.06. The molecule has 0 aromatic rings. The molecule has 2 nitrogen and oxygen atoms in total. The van der Waals surface area contributed by atoms with E-state index in [9.17, 15) is 18.0 Å². The van der Waals surface area contributed by atoms with Crippen molar-refractivity contribution < 1.29 is 22.7 Å². The molecule has 1 unspecified atom stereocenters. The Morgan fingerprint density at radius 3 is 2.20 bits per heavy atom. The molecule has 5 heteroatoms. The molecule has 1 atom stereocenters. The summed E-state index contributed by atoms with van der Waals surface area (Å²) in [5, 5.41) is 0. The number of hydrogen-bond acceptors (Lipinski definition) is 2. The van der Waals surface area contributed by atoms with E-state index < -0.39 is 18.7 Å². The minimum Gasteiger partial charge on any atom is -0.373 e. The number of carbonyl (C=O) groups is 1. The number of ether oxygens (including phenoxy) is 1. The van der Waals surface area contributed by atoms with E-state index in [1.165, 1.54) is 7.11 Å². The smallest absolute Gasteiger partial charge is 0.373 e. The lowest BCUT2D eigenvalue weighted by atomic mass is 9.99. The topological polar surface area (TPSA) is 26.3 Å². The van der Waals surface area contributed by atoms with E-state index in [1.807, 2.05) is 0 Å². The molecule has 0 aliphatic carbocycles. The van der Waals surface area contributed by atoms with Crippen LogP contribution in [0.15, 0.2) is 0 Å². The highest BCUT2D eigenvalue weighted by molar-refractivity contribution is 5.83. The monoisotopic (exact) mass is 226 g/mol. The van der Waals surface area contributed by atoms with Gasteiger partial charge in [-0.2, -0.15) is 13.2 Å². The number of rotatable bonds is 6. The lowest BCUT2D eigenvalue weighted by Gasteiger charge is -2.17. The quantitative estimate of drug-likeness (QED) is 0.696. The van der Waals surface area contributed by atoms with Gasteiger partial charge in [-0.15, -0.1) is 0 Å². The van der Waals surface area contributed by atoms with Crippen LogP contribution in [0, 0.1) is 5.92 Å². The first-order chi connectivity index (χ1) is 6.78.